The zero-order valence-corrected chi connectivity index (χ0v) is 9.34. The molecular weight excluding hydrogens is 181 g/mol. The molecule has 0 unspecified atom stereocenters. The van der Waals surface area contributed by atoms with E-state index >= 15 is 0 Å². The van der Waals surface area contributed by atoms with Gasteiger partial charge < -0.3 is 0 Å². The van der Waals surface area contributed by atoms with Crippen LogP contribution in [0.3, 0.4) is 0 Å². The lowest BCUT2D eigenvalue weighted by atomic mass is 9.91. The molecule has 1 aromatic heterocycles. The van der Waals surface area contributed by atoms with Gasteiger partial charge in [0.1, 0.15) is 5.69 Å². The van der Waals surface area contributed by atoms with Crippen molar-refractivity contribution in [3.63, 3.8) is 0 Å². The second kappa shape index (κ2) is 4.07. The molecule has 0 radical (unpaired) electrons. The van der Waals surface area contributed by atoms with Gasteiger partial charge in [0.05, 0.1) is 0 Å². The first-order chi connectivity index (χ1) is 6.44. The maximum atomic E-state index is 13.6. The third-order valence-electron chi connectivity index (χ3n) is 1.87. The predicted octanol–water partition coefficient (Wildman–Crippen LogP) is 2.42. The van der Waals surface area contributed by atoms with Crippen LogP contribution in [0.25, 0.3) is 0 Å². The van der Waals surface area contributed by atoms with Gasteiger partial charge in [0, 0.05) is 13.0 Å². The Morgan fingerprint density at radius 2 is 2.00 bits per heavy atom. The van der Waals surface area contributed by atoms with Gasteiger partial charge in [0.25, 0.3) is 0 Å². The van der Waals surface area contributed by atoms with Crippen molar-refractivity contribution in [2.45, 2.75) is 47.1 Å². The molecule has 1 aromatic rings. The summed E-state index contributed by atoms with van der Waals surface area (Å²) in [6.45, 7) is 8.77. The zero-order valence-electron chi connectivity index (χ0n) is 9.34. The van der Waals surface area contributed by atoms with Gasteiger partial charge in [-0.25, -0.2) is 4.68 Å². The minimum atomic E-state index is -0.276. The van der Waals surface area contributed by atoms with Gasteiger partial charge in [-0.2, -0.15) is 4.39 Å². The summed E-state index contributed by atoms with van der Waals surface area (Å²) in [5.41, 5.74) is 0.527. The van der Waals surface area contributed by atoms with Crippen LogP contribution in [0.4, 0.5) is 4.39 Å². The first-order valence-corrected chi connectivity index (χ1v) is 5.02. The number of hydrogen-bond donors (Lipinski definition) is 0. The summed E-state index contributed by atoms with van der Waals surface area (Å²) in [4.78, 5) is 0. The van der Waals surface area contributed by atoms with Gasteiger partial charge in [-0.05, 0) is 11.8 Å². The van der Waals surface area contributed by atoms with E-state index in [9.17, 15) is 4.39 Å². The molecule has 3 nitrogen and oxygen atoms in total. The lowest BCUT2D eigenvalue weighted by Crippen LogP contribution is -2.11. The minimum absolute atomic E-state index is 0.0495. The number of rotatable bonds is 3. The molecule has 1 heterocycles. The van der Waals surface area contributed by atoms with E-state index in [2.05, 4.69) is 31.1 Å². The second-order valence-electron chi connectivity index (χ2n) is 4.79. The Balaban J connectivity index is 2.79. The molecule has 14 heavy (non-hydrogen) atoms. The van der Waals surface area contributed by atoms with Gasteiger partial charge in [-0.1, -0.05) is 32.9 Å². The van der Waals surface area contributed by atoms with Gasteiger partial charge in [0.15, 0.2) is 0 Å². The van der Waals surface area contributed by atoms with E-state index in [0.29, 0.717) is 18.7 Å². The normalized spacial score (nSPS) is 12.1. The molecule has 4 heteroatoms. The van der Waals surface area contributed by atoms with Crippen molar-refractivity contribution in [2.75, 3.05) is 0 Å². The van der Waals surface area contributed by atoms with E-state index < -0.39 is 0 Å². The summed E-state index contributed by atoms with van der Waals surface area (Å²) in [5.74, 6) is -0.276. The first-order valence-electron chi connectivity index (χ1n) is 5.02. The summed E-state index contributed by atoms with van der Waals surface area (Å²) in [7, 11) is 0. The van der Waals surface area contributed by atoms with Crippen LogP contribution in [0.2, 0.25) is 0 Å². The van der Waals surface area contributed by atoms with Crippen molar-refractivity contribution in [2.24, 2.45) is 5.41 Å². The molecule has 0 bridgehead atoms. The first kappa shape index (κ1) is 11.1. The molecule has 0 atom stereocenters. The number of aryl methyl sites for hydroxylation is 1. The van der Waals surface area contributed by atoms with E-state index in [4.69, 9.17) is 0 Å². The largest absolute Gasteiger partial charge is 0.234 e. The molecule has 1 rings (SSSR count). The standard InChI is InChI=1S/C10H18FN3/c1-5-6-14-9(11)8(12-13-14)7-10(2,3)4/h5-7H2,1-4H3. The number of nitrogens with zero attached hydrogens (tertiary/aromatic N) is 3. The van der Waals surface area contributed by atoms with Crippen molar-refractivity contribution in [1.29, 1.82) is 0 Å². The van der Waals surface area contributed by atoms with Gasteiger partial charge >= 0.3 is 0 Å². The molecular formula is C10H18FN3. The van der Waals surface area contributed by atoms with Crippen molar-refractivity contribution < 1.29 is 4.39 Å². The predicted molar refractivity (Wildman–Crippen MR) is 53.4 cm³/mol. The molecule has 0 aliphatic carbocycles. The van der Waals surface area contributed by atoms with Crippen molar-refractivity contribution in [3.8, 4) is 0 Å². The maximum absolute atomic E-state index is 13.6. The second-order valence-corrected chi connectivity index (χ2v) is 4.79. The molecule has 0 amide bonds. The van der Waals surface area contributed by atoms with Crippen LogP contribution in [0, 0.1) is 11.4 Å². The van der Waals surface area contributed by atoms with Crippen LogP contribution in [0.1, 0.15) is 39.8 Å². The molecule has 0 saturated heterocycles. The number of hydrogen-bond acceptors (Lipinski definition) is 2. The Morgan fingerprint density at radius 3 is 2.50 bits per heavy atom. The van der Waals surface area contributed by atoms with Gasteiger partial charge in [-0.3, -0.25) is 0 Å². The summed E-state index contributed by atoms with van der Waals surface area (Å²) >= 11 is 0. The highest BCUT2D eigenvalue weighted by Crippen LogP contribution is 2.20. The average Bonchev–Trinajstić information content (AvgIpc) is 2.34. The Kier molecular flexibility index (Phi) is 3.24. The zero-order chi connectivity index (χ0) is 10.8. The Bertz CT molecular complexity index is 299. The monoisotopic (exact) mass is 199 g/mol. The van der Waals surface area contributed by atoms with Crippen molar-refractivity contribution in [1.82, 2.24) is 15.0 Å². The molecule has 0 aromatic carbocycles. The van der Waals surface area contributed by atoms with E-state index in [1.807, 2.05) is 6.92 Å². The molecule has 0 saturated carbocycles. The Hall–Kier alpha value is -0.930. The molecule has 0 aliphatic rings. The molecule has 0 aliphatic heterocycles. The Morgan fingerprint density at radius 1 is 1.36 bits per heavy atom. The van der Waals surface area contributed by atoms with Crippen LogP contribution >= 0.6 is 0 Å². The van der Waals surface area contributed by atoms with Crippen molar-refractivity contribution >= 4 is 0 Å². The van der Waals surface area contributed by atoms with Crippen LogP contribution in [0.15, 0.2) is 0 Å². The lowest BCUT2D eigenvalue weighted by molar-refractivity contribution is 0.388. The fourth-order valence-corrected chi connectivity index (χ4v) is 1.30. The molecule has 0 N–H and O–H groups in total. The summed E-state index contributed by atoms with van der Waals surface area (Å²) in [6.07, 6.45) is 1.50. The summed E-state index contributed by atoms with van der Waals surface area (Å²) in [6, 6.07) is 0. The Labute approximate surface area is 84.3 Å². The number of halogens is 1. The smallest absolute Gasteiger partial charge is 0.219 e. The topological polar surface area (TPSA) is 30.7 Å². The highest BCUT2D eigenvalue weighted by Gasteiger charge is 2.19. The SMILES string of the molecule is CCCn1nnc(CC(C)(C)C)c1F. The minimum Gasteiger partial charge on any atom is -0.219 e. The van der Waals surface area contributed by atoms with E-state index in [1.165, 1.54) is 4.68 Å². The maximum Gasteiger partial charge on any atom is 0.234 e. The molecule has 80 valence electrons. The third kappa shape index (κ3) is 2.79. The third-order valence-corrected chi connectivity index (χ3v) is 1.87. The highest BCUT2D eigenvalue weighted by molar-refractivity contribution is 4.99. The van der Waals surface area contributed by atoms with Gasteiger partial charge in [0.2, 0.25) is 5.95 Å². The number of aromatic nitrogens is 3. The summed E-state index contributed by atoms with van der Waals surface area (Å²) < 4.78 is 14.9. The van der Waals surface area contributed by atoms with E-state index in [1.54, 1.807) is 0 Å². The molecule has 0 spiro atoms. The van der Waals surface area contributed by atoms with E-state index in [-0.39, 0.29) is 11.4 Å². The molecule has 0 fully saturated rings. The van der Waals surface area contributed by atoms with Crippen molar-refractivity contribution in [3.05, 3.63) is 11.6 Å². The quantitative estimate of drug-likeness (QED) is 0.748. The van der Waals surface area contributed by atoms with Crippen LogP contribution in [0.5, 0.6) is 0 Å². The highest BCUT2D eigenvalue weighted by atomic mass is 19.1. The fraction of sp³-hybridized carbons (Fsp3) is 0.800. The fourth-order valence-electron chi connectivity index (χ4n) is 1.30. The average molecular weight is 199 g/mol. The van der Waals surface area contributed by atoms with Gasteiger partial charge in [-0.15, -0.1) is 5.10 Å². The summed E-state index contributed by atoms with van der Waals surface area (Å²) in [5, 5.41) is 7.64. The lowest BCUT2D eigenvalue weighted by Gasteiger charge is -2.15. The van der Waals surface area contributed by atoms with E-state index in [0.717, 1.165) is 6.42 Å². The van der Waals surface area contributed by atoms with Crippen LogP contribution in [-0.2, 0) is 13.0 Å². The van der Waals surface area contributed by atoms with Crippen LogP contribution in [-0.4, -0.2) is 15.0 Å². The van der Waals surface area contributed by atoms with Crippen LogP contribution < -0.4 is 0 Å².